The van der Waals surface area contributed by atoms with Crippen LogP contribution in [0.1, 0.15) is 21.7 Å². The van der Waals surface area contributed by atoms with Crippen LogP contribution in [-0.4, -0.2) is 36.1 Å². The first-order valence-electron chi connectivity index (χ1n) is 9.98. The fraction of sp³-hybridized carbons (Fsp3) is 0.125. The van der Waals surface area contributed by atoms with E-state index in [1.54, 1.807) is 37.4 Å². The second-order valence-electron chi connectivity index (χ2n) is 7.30. The number of carbonyl (C=O) groups is 2. The first-order valence-corrected chi connectivity index (χ1v) is 11.2. The average molecular weight is 521 g/mol. The number of rotatable bonds is 4. The van der Waals surface area contributed by atoms with E-state index in [1.165, 1.54) is 30.2 Å². The minimum absolute atomic E-state index is 0.197. The number of thioether (sulfide) groups is 1. The number of hydrogen-bond donors (Lipinski definition) is 0. The molecule has 11 heteroatoms. The Morgan fingerprint density at radius 1 is 1.14 bits per heavy atom. The number of nitrogens with zero attached hydrogens (tertiary/aromatic N) is 2. The van der Waals surface area contributed by atoms with Gasteiger partial charge in [-0.25, -0.2) is 9.79 Å². The topological polar surface area (TPSA) is 72.1 Å². The molecule has 1 aromatic heterocycles. The summed E-state index contributed by atoms with van der Waals surface area (Å²) in [7, 11) is 2.86. The van der Waals surface area contributed by atoms with Crippen molar-refractivity contribution >= 4 is 52.2 Å². The molecule has 1 aliphatic heterocycles. The predicted molar refractivity (Wildman–Crippen MR) is 127 cm³/mol. The lowest BCUT2D eigenvalue weighted by atomic mass is 10.1. The second kappa shape index (κ2) is 9.63. The van der Waals surface area contributed by atoms with Gasteiger partial charge in [-0.2, -0.15) is 13.2 Å². The summed E-state index contributed by atoms with van der Waals surface area (Å²) in [5.41, 5.74) is 0.143. The molecule has 0 atom stereocenters. The minimum Gasteiger partial charge on any atom is -0.465 e. The molecule has 3 aromatic rings. The van der Waals surface area contributed by atoms with Crippen LogP contribution in [0.25, 0.3) is 17.4 Å². The van der Waals surface area contributed by atoms with Crippen molar-refractivity contribution in [1.82, 2.24) is 4.90 Å². The Balaban J connectivity index is 1.56. The molecule has 0 bridgehead atoms. The smallest absolute Gasteiger partial charge is 0.417 e. The average Bonchev–Trinajstić information content (AvgIpc) is 3.39. The largest absolute Gasteiger partial charge is 0.465 e. The van der Waals surface area contributed by atoms with E-state index in [0.717, 1.165) is 23.9 Å². The molecule has 0 aliphatic carbocycles. The van der Waals surface area contributed by atoms with Gasteiger partial charge in [-0.3, -0.25) is 9.69 Å². The third kappa shape index (κ3) is 5.28. The Labute approximate surface area is 207 Å². The summed E-state index contributed by atoms with van der Waals surface area (Å²) in [6, 6.07) is 12.9. The van der Waals surface area contributed by atoms with Gasteiger partial charge in [0.25, 0.3) is 5.91 Å². The molecule has 1 aliphatic rings. The molecule has 180 valence electrons. The highest BCUT2D eigenvalue weighted by atomic mass is 35.5. The third-order valence-corrected chi connectivity index (χ3v) is 6.36. The molecule has 0 saturated carbocycles. The number of furan rings is 1. The highest BCUT2D eigenvalue weighted by molar-refractivity contribution is 8.18. The van der Waals surface area contributed by atoms with Crippen molar-refractivity contribution in [3.8, 4) is 11.3 Å². The highest BCUT2D eigenvalue weighted by Crippen LogP contribution is 2.38. The number of alkyl halides is 3. The van der Waals surface area contributed by atoms with Crippen LogP contribution in [0.2, 0.25) is 5.02 Å². The molecule has 2 aromatic carbocycles. The maximum atomic E-state index is 13.2. The normalized spacial score (nSPS) is 16.4. The van der Waals surface area contributed by atoms with Crippen LogP contribution in [0.5, 0.6) is 0 Å². The molecule has 1 saturated heterocycles. The standard InChI is InChI=1S/C24H16ClF3N2O4S/c1-30-21(31)20(35-23(30)29-15-6-3-13(4-7-15)22(32)33-2)12-16-8-10-19(34-16)14-5-9-18(25)17(11-14)24(26,27)28/h3-12H,1-2H3. The number of hydrogen-bond acceptors (Lipinski definition) is 6. The fourth-order valence-corrected chi connectivity index (χ4v) is 4.35. The number of ether oxygens (including phenoxy) is 1. The molecule has 0 spiro atoms. The van der Waals surface area contributed by atoms with E-state index in [-0.39, 0.29) is 23.0 Å². The maximum absolute atomic E-state index is 13.2. The maximum Gasteiger partial charge on any atom is 0.417 e. The highest BCUT2D eigenvalue weighted by Gasteiger charge is 2.34. The molecule has 1 amide bonds. The lowest BCUT2D eigenvalue weighted by molar-refractivity contribution is -0.137. The van der Waals surface area contributed by atoms with Crippen molar-refractivity contribution in [2.24, 2.45) is 4.99 Å². The van der Waals surface area contributed by atoms with Gasteiger partial charge in [-0.15, -0.1) is 0 Å². The summed E-state index contributed by atoms with van der Waals surface area (Å²) in [5, 5.41) is 0.00394. The fourth-order valence-electron chi connectivity index (χ4n) is 3.16. The molecular formula is C24H16ClF3N2O4S. The molecule has 35 heavy (non-hydrogen) atoms. The Morgan fingerprint density at radius 2 is 1.86 bits per heavy atom. The summed E-state index contributed by atoms with van der Waals surface area (Å²) in [5.74, 6) is -0.300. The number of benzene rings is 2. The van der Waals surface area contributed by atoms with Gasteiger partial charge in [-0.1, -0.05) is 11.6 Å². The SMILES string of the molecule is COC(=O)c1ccc(N=C2SC(=Cc3ccc(-c4ccc(Cl)c(C(F)(F)F)c4)o3)C(=O)N2C)cc1. The van der Waals surface area contributed by atoms with Gasteiger partial charge in [0, 0.05) is 18.7 Å². The van der Waals surface area contributed by atoms with Gasteiger partial charge in [0.2, 0.25) is 0 Å². The van der Waals surface area contributed by atoms with Crippen molar-refractivity contribution in [2.45, 2.75) is 6.18 Å². The van der Waals surface area contributed by atoms with Crippen LogP contribution in [0.15, 0.2) is 68.9 Å². The van der Waals surface area contributed by atoms with E-state index in [9.17, 15) is 22.8 Å². The van der Waals surface area contributed by atoms with E-state index < -0.39 is 22.7 Å². The third-order valence-electron chi connectivity index (χ3n) is 4.97. The van der Waals surface area contributed by atoms with Crippen LogP contribution in [-0.2, 0) is 15.7 Å². The number of amides is 1. The number of esters is 1. The van der Waals surface area contributed by atoms with Crippen LogP contribution >= 0.6 is 23.4 Å². The first kappa shape index (κ1) is 24.6. The van der Waals surface area contributed by atoms with Crippen LogP contribution in [0.3, 0.4) is 0 Å². The Bertz CT molecular complexity index is 1360. The Morgan fingerprint density at radius 3 is 2.51 bits per heavy atom. The lowest BCUT2D eigenvalue weighted by Crippen LogP contribution is -2.23. The summed E-state index contributed by atoms with van der Waals surface area (Å²) >= 11 is 6.79. The number of carbonyl (C=O) groups excluding carboxylic acids is 2. The molecule has 1 fully saturated rings. The molecule has 4 rings (SSSR count). The van der Waals surface area contributed by atoms with E-state index in [2.05, 4.69) is 9.73 Å². The Hall–Kier alpha value is -3.50. The van der Waals surface area contributed by atoms with Gasteiger partial charge in [0.05, 0.1) is 33.9 Å². The molecule has 0 radical (unpaired) electrons. The van der Waals surface area contributed by atoms with Crippen LogP contribution in [0, 0.1) is 0 Å². The lowest BCUT2D eigenvalue weighted by Gasteiger charge is -2.09. The van der Waals surface area contributed by atoms with E-state index in [4.69, 9.17) is 16.0 Å². The number of likely N-dealkylation sites (N-methyl/N-ethyl adjacent to an activating group) is 1. The number of aliphatic imine (C=N–C) groups is 1. The number of halogens is 4. The van der Waals surface area contributed by atoms with Gasteiger partial charge >= 0.3 is 12.1 Å². The first-order chi connectivity index (χ1) is 16.6. The van der Waals surface area contributed by atoms with E-state index >= 15 is 0 Å². The van der Waals surface area contributed by atoms with Crippen LogP contribution in [0.4, 0.5) is 18.9 Å². The van der Waals surface area contributed by atoms with Crippen molar-refractivity contribution in [3.05, 3.63) is 81.4 Å². The van der Waals surface area contributed by atoms with Gasteiger partial charge in [0.1, 0.15) is 11.5 Å². The van der Waals surface area contributed by atoms with Crippen molar-refractivity contribution in [2.75, 3.05) is 14.2 Å². The zero-order valence-corrected chi connectivity index (χ0v) is 19.8. The van der Waals surface area contributed by atoms with Gasteiger partial charge in [-0.05, 0) is 66.4 Å². The molecular weight excluding hydrogens is 505 g/mol. The summed E-state index contributed by atoms with van der Waals surface area (Å²) in [6.45, 7) is 0. The zero-order valence-electron chi connectivity index (χ0n) is 18.2. The van der Waals surface area contributed by atoms with E-state index in [0.29, 0.717) is 21.3 Å². The molecule has 6 nitrogen and oxygen atoms in total. The summed E-state index contributed by atoms with van der Waals surface area (Å²) in [6.07, 6.45) is -3.10. The van der Waals surface area contributed by atoms with Crippen molar-refractivity contribution in [3.63, 3.8) is 0 Å². The van der Waals surface area contributed by atoms with Gasteiger partial charge < -0.3 is 9.15 Å². The predicted octanol–water partition coefficient (Wildman–Crippen LogP) is 6.64. The van der Waals surface area contributed by atoms with Crippen molar-refractivity contribution in [1.29, 1.82) is 0 Å². The quantitative estimate of drug-likeness (QED) is 0.285. The van der Waals surface area contributed by atoms with Crippen LogP contribution < -0.4 is 0 Å². The van der Waals surface area contributed by atoms with E-state index in [1.807, 2.05) is 0 Å². The summed E-state index contributed by atoms with van der Waals surface area (Å²) < 4.78 is 49.8. The number of methoxy groups -OCH3 is 1. The number of amidine groups is 1. The minimum atomic E-state index is -4.60. The summed E-state index contributed by atoms with van der Waals surface area (Å²) in [4.78, 5) is 30.4. The Kier molecular flexibility index (Phi) is 6.77. The molecule has 0 N–H and O–H groups in total. The zero-order chi connectivity index (χ0) is 25.3. The van der Waals surface area contributed by atoms with Gasteiger partial charge in [0.15, 0.2) is 5.17 Å². The molecule has 0 unspecified atom stereocenters. The second-order valence-corrected chi connectivity index (χ2v) is 8.72. The van der Waals surface area contributed by atoms with Crippen molar-refractivity contribution < 1.29 is 31.9 Å². The molecule has 2 heterocycles. The monoisotopic (exact) mass is 520 g/mol.